The molecule has 0 unspecified atom stereocenters. The summed E-state index contributed by atoms with van der Waals surface area (Å²) in [5, 5.41) is 6.17. The van der Waals surface area contributed by atoms with Gasteiger partial charge >= 0.3 is 0 Å². The van der Waals surface area contributed by atoms with Crippen molar-refractivity contribution in [2.24, 2.45) is 0 Å². The van der Waals surface area contributed by atoms with Gasteiger partial charge in [-0.15, -0.1) is 0 Å². The highest BCUT2D eigenvalue weighted by atomic mass is 79.9. The van der Waals surface area contributed by atoms with Gasteiger partial charge in [0.25, 0.3) is 5.56 Å². The van der Waals surface area contributed by atoms with E-state index < -0.39 is 5.56 Å². The summed E-state index contributed by atoms with van der Waals surface area (Å²) in [6.45, 7) is 0. The molecule has 0 aliphatic heterocycles. The van der Waals surface area contributed by atoms with E-state index in [1.54, 1.807) is 24.3 Å². The molecule has 0 bridgehead atoms. The second-order valence-corrected chi connectivity index (χ2v) is 5.06. The molecule has 2 rings (SSSR count). The maximum Gasteiger partial charge on any atom is 0.295 e. The van der Waals surface area contributed by atoms with E-state index in [9.17, 15) is 9.59 Å². The van der Waals surface area contributed by atoms with Crippen LogP contribution in [-0.2, 0) is 6.42 Å². The van der Waals surface area contributed by atoms with Gasteiger partial charge in [0.2, 0.25) is 4.77 Å². The fourth-order valence-corrected chi connectivity index (χ4v) is 1.85. The molecular weight excluding hydrogens is 332 g/mol. The Hall–Kier alpha value is -1.80. The highest BCUT2D eigenvalue weighted by Gasteiger charge is 2.12. The Labute approximate surface area is 121 Å². The minimum absolute atomic E-state index is 0.00448. The topological polar surface area (TPSA) is 93.8 Å². The number of benzene rings is 1. The van der Waals surface area contributed by atoms with E-state index in [-0.39, 0.29) is 22.7 Å². The molecule has 1 aromatic heterocycles. The first-order valence-electron chi connectivity index (χ1n) is 5.23. The highest BCUT2D eigenvalue weighted by molar-refractivity contribution is 9.10. The molecule has 3 N–H and O–H groups in total. The molecule has 1 aromatic carbocycles. The number of aromatic amines is 1. The first kappa shape index (κ1) is 13.6. The van der Waals surface area contributed by atoms with Gasteiger partial charge in [0.05, 0.1) is 6.42 Å². The normalized spacial score (nSPS) is 10.4. The largest absolute Gasteiger partial charge is 0.334 e. The van der Waals surface area contributed by atoms with Crippen LogP contribution in [0.5, 0.6) is 0 Å². The molecule has 0 fully saturated rings. The first-order valence-corrected chi connectivity index (χ1v) is 6.43. The van der Waals surface area contributed by atoms with E-state index in [1.807, 2.05) is 0 Å². The highest BCUT2D eigenvalue weighted by Crippen LogP contribution is 2.11. The number of H-pyrrole nitrogens is 1. The summed E-state index contributed by atoms with van der Waals surface area (Å²) < 4.78 is 1.63. The first-order chi connectivity index (χ1) is 8.99. The summed E-state index contributed by atoms with van der Waals surface area (Å²) in [7, 11) is 0. The van der Waals surface area contributed by atoms with E-state index in [2.05, 4.69) is 26.1 Å². The number of ketones is 1. The Kier molecular flexibility index (Phi) is 3.91. The van der Waals surface area contributed by atoms with E-state index in [0.717, 1.165) is 9.15 Å². The van der Waals surface area contributed by atoms with Crippen LogP contribution in [-0.4, -0.2) is 20.7 Å². The van der Waals surface area contributed by atoms with Crippen LogP contribution in [0.4, 0.5) is 0 Å². The van der Waals surface area contributed by atoms with Gasteiger partial charge in [-0.2, -0.15) is 9.77 Å². The van der Waals surface area contributed by atoms with Gasteiger partial charge in [0.1, 0.15) is 5.69 Å². The summed E-state index contributed by atoms with van der Waals surface area (Å²) in [5.41, 5.74) is -0.0475. The maximum atomic E-state index is 12.0. The van der Waals surface area contributed by atoms with Crippen molar-refractivity contribution in [3.8, 4) is 0 Å². The van der Waals surface area contributed by atoms with Crippen LogP contribution in [0.3, 0.4) is 0 Å². The van der Waals surface area contributed by atoms with Gasteiger partial charge in [-0.1, -0.05) is 28.1 Å². The lowest BCUT2D eigenvalue weighted by atomic mass is 10.1. The Morgan fingerprint density at radius 3 is 2.68 bits per heavy atom. The number of aromatic nitrogens is 3. The predicted octanol–water partition coefficient (Wildman–Crippen LogP) is 1.20. The molecule has 2 aromatic rings. The number of hydrogen-bond donors (Lipinski definition) is 2. The molecule has 1 heterocycles. The number of carbonyl (C=O) groups excluding carboxylic acids is 1. The average Bonchev–Trinajstić information content (AvgIpc) is 2.40. The minimum atomic E-state index is -0.575. The number of hydrogen-bond acceptors (Lipinski definition) is 5. The van der Waals surface area contributed by atoms with Crippen molar-refractivity contribution in [1.29, 1.82) is 0 Å². The van der Waals surface area contributed by atoms with Crippen LogP contribution in [0, 0.1) is 4.77 Å². The van der Waals surface area contributed by atoms with E-state index in [0.29, 0.717) is 5.56 Å². The molecule has 0 aliphatic rings. The van der Waals surface area contributed by atoms with Gasteiger partial charge in [-0.25, -0.2) is 0 Å². The Morgan fingerprint density at radius 2 is 2.05 bits per heavy atom. The molecule has 98 valence electrons. The quantitative estimate of drug-likeness (QED) is 0.497. The van der Waals surface area contributed by atoms with Gasteiger partial charge in [-0.05, 0) is 24.4 Å². The van der Waals surface area contributed by atoms with Gasteiger partial charge in [-0.3, -0.25) is 14.7 Å². The van der Waals surface area contributed by atoms with Crippen molar-refractivity contribution >= 4 is 33.9 Å². The Morgan fingerprint density at radius 1 is 1.42 bits per heavy atom. The second-order valence-electron chi connectivity index (χ2n) is 3.76. The number of Topliss-reactive ketones (excluding diaryl/α,β-unsaturated/α-hetero) is 1. The van der Waals surface area contributed by atoms with E-state index in [4.69, 9.17) is 18.1 Å². The van der Waals surface area contributed by atoms with Crippen LogP contribution in [0.15, 0.2) is 33.5 Å². The van der Waals surface area contributed by atoms with Crippen molar-refractivity contribution in [1.82, 2.24) is 14.9 Å². The van der Waals surface area contributed by atoms with Crippen molar-refractivity contribution in [2.75, 3.05) is 5.84 Å². The van der Waals surface area contributed by atoms with Crippen LogP contribution < -0.4 is 11.4 Å². The number of nitrogens with zero attached hydrogens (tertiary/aromatic N) is 2. The third-order valence-corrected chi connectivity index (χ3v) is 3.28. The summed E-state index contributed by atoms with van der Waals surface area (Å²) in [6, 6.07) is 6.83. The van der Waals surface area contributed by atoms with Crippen LogP contribution >= 0.6 is 28.1 Å². The van der Waals surface area contributed by atoms with E-state index in [1.165, 1.54) is 0 Å². The zero-order valence-electron chi connectivity index (χ0n) is 9.59. The zero-order chi connectivity index (χ0) is 14.0. The summed E-state index contributed by atoms with van der Waals surface area (Å²) in [4.78, 5) is 23.7. The lowest BCUT2D eigenvalue weighted by Gasteiger charge is -2.02. The van der Waals surface area contributed by atoms with Crippen LogP contribution in [0.25, 0.3) is 0 Å². The smallest absolute Gasteiger partial charge is 0.295 e. The number of nitrogens with one attached hydrogen (secondary N) is 1. The number of carbonyl (C=O) groups is 1. The fourth-order valence-electron chi connectivity index (χ4n) is 1.45. The number of halogens is 1. The van der Waals surface area contributed by atoms with Crippen LogP contribution in [0.1, 0.15) is 16.1 Å². The molecule has 0 saturated heterocycles. The van der Waals surface area contributed by atoms with Gasteiger partial charge in [0, 0.05) is 10.0 Å². The lowest BCUT2D eigenvalue weighted by molar-refractivity contribution is 0.0991. The molecule has 0 radical (unpaired) electrons. The molecule has 6 nitrogen and oxygen atoms in total. The van der Waals surface area contributed by atoms with Gasteiger partial charge < -0.3 is 5.84 Å². The summed E-state index contributed by atoms with van der Waals surface area (Å²) in [5.74, 6) is 5.21. The third kappa shape index (κ3) is 2.96. The minimum Gasteiger partial charge on any atom is -0.334 e. The Bertz CT molecular complexity index is 736. The average molecular weight is 341 g/mol. The molecular formula is C11H9BrN4O2S. The number of rotatable bonds is 3. The molecule has 0 amide bonds. The fraction of sp³-hybridized carbons (Fsp3) is 0.0909. The third-order valence-electron chi connectivity index (χ3n) is 2.47. The lowest BCUT2D eigenvalue weighted by Crippen LogP contribution is -2.33. The molecule has 19 heavy (non-hydrogen) atoms. The SMILES string of the molecule is Nn1c(=S)[nH]nc(CC(=O)c2ccc(Br)cc2)c1=O. The predicted molar refractivity (Wildman–Crippen MR) is 76.0 cm³/mol. The molecule has 0 spiro atoms. The van der Waals surface area contributed by atoms with Crippen LogP contribution in [0.2, 0.25) is 0 Å². The standard InChI is InChI=1S/C11H9BrN4O2S/c12-7-3-1-6(2-4-7)9(17)5-8-10(18)16(13)11(19)15-14-8/h1-4H,5,13H2,(H,15,19). The monoisotopic (exact) mass is 340 g/mol. The second kappa shape index (κ2) is 5.45. The molecule has 0 aliphatic carbocycles. The summed E-state index contributed by atoms with van der Waals surface area (Å²) >= 11 is 8.03. The van der Waals surface area contributed by atoms with Crippen molar-refractivity contribution in [2.45, 2.75) is 6.42 Å². The van der Waals surface area contributed by atoms with Crippen molar-refractivity contribution in [3.63, 3.8) is 0 Å². The van der Waals surface area contributed by atoms with E-state index >= 15 is 0 Å². The molecule has 8 heteroatoms. The Balaban J connectivity index is 2.29. The summed E-state index contributed by atoms with van der Waals surface area (Å²) in [6.07, 6.45) is -0.135. The number of nitrogen functional groups attached to an aromatic ring is 1. The van der Waals surface area contributed by atoms with Gasteiger partial charge in [0.15, 0.2) is 5.78 Å². The van der Waals surface area contributed by atoms with Crippen molar-refractivity contribution in [3.05, 3.63) is 55.1 Å². The number of nitrogens with two attached hydrogens (primary N) is 1. The molecule has 0 saturated carbocycles. The zero-order valence-corrected chi connectivity index (χ0v) is 12.0. The maximum absolute atomic E-state index is 12.0. The molecule has 0 atom stereocenters. The van der Waals surface area contributed by atoms with Crippen molar-refractivity contribution < 1.29 is 4.79 Å².